The summed E-state index contributed by atoms with van der Waals surface area (Å²) in [5.74, 6) is 1.30. The van der Waals surface area contributed by atoms with Crippen LogP contribution in [-0.2, 0) is 0 Å². The van der Waals surface area contributed by atoms with E-state index in [9.17, 15) is 0 Å². The molecule has 0 aromatic heterocycles. The molecule has 3 rings (SSSR count). The molecule has 116 valence electrons. The average Bonchev–Trinajstić information content (AvgIpc) is 2.89. The fraction of sp³-hybridized carbons (Fsp3) is 0.667. The number of nitrogens with zero attached hydrogens (tertiary/aromatic N) is 1. The Labute approximate surface area is 133 Å². The highest BCUT2D eigenvalue weighted by molar-refractivity contribution is 6.31. The van der Waals surface area contributed by atoms with Gasteiger partial charge < -0.3 is 5.73 Å². The molecule has 0 spiro atoms. The van der Waals surface area contributed by atoms with Gasteiger partial charge in [-0.15, -0.1) is 0 Å². The summed E-state index contributed by atoms with van der Waals surface area (Å²) in [6.07, 6.45) is 7.86. The average molecular weight is 307 g/mol. The van der Waals surface area contributed by atoms with Crippen LogP contribution < -0.4 is 5.73 Å². The first-order chi connectivity index (χ1) is 10.2. The molecular formula is C18H27ClN2. The second kappa shape index (κ2) is 6.68. The first kappa shape index (κ1) is 15.3. The minimum atomic E-state index is 0.483. The Balaban J connectivity index is 1.77. The van der Waals surface area contributed by atoms with Crippen LogP contribution in [0.2, 0.25) is 5.02 Å². The first-order valence-corrected chi connectivity index (χ1v) is 8.76. The van der Waals surface area contributed by atoms with Crippen molar-refractivity contribution in [2.75, 3.05) is 20.1 Å². The highest BCUT2D eigenvalue weighted by Gasteiger charge is 2.30. The van der Waals surface area contributed by atoms with E-state index in [0.717, 1.165) is 24.5 Å². The van der Waals surface area contributed by atoms with Crippen LogP contribution in [0.5, 0.6) is 0 Å². The number of hydrogen-bond acceptors (Lipinski definition) is 2. The minimum absolute atomic E-state index is 0.483. The normalized spacial score (nSPS) is 28.1. The molecule has 2 fully saturated rings. The van der Waals surface area contributed by atoms with Crippen LogP contribution in [0, 0.1) is 5.92 Å². The van der Waals surface area contributed by atoms with Crippen molar-refractivity contribution < 1.29 is 0 Å². The summed E-state index contributed by atoms with van der Waals surface area (Å²) in [4.78, 5) is 2.42. The number of rotatable bonds is 3. The molecule has 0 amide bonds. The molecule has 1 saturated carbocycles. The zero-order valence-corrected chi connectivity index (χ0v) is 13.8. The lowest BCUT2D eigenvalue weighted by atomic mass is 9.83. The molecule has 1 aliphatic heterocycles. The van der Waals surface area contributed by atoms with Crippen LogP contribution in [0.1, 0.15) is 61.6 Å². The zero-order valence-electron chi connectivity index (χ0n) is 13.0. The van der Waals surface area contributed by atoms with Gasteiger partial charge >= 0.3 is 0 Å². The number of benzene rings is 1. The van der Waals surface area contributed by atoms with Crippen LogP contribution in [0.15, 0.2) is 18.2 Å². The Morgan fingerprint density at radius 3 is 2.62 bits per heavy atom. The van der Waals surface area contributed by atoms with E-state index in [0.29, 0.717) is 17.9 Å². The van der Waals surface area contributed by atoms with Crippen molar-refractivity contribution >= 4 is 11.6 Å². The molecule has 2 nitrogen and oxygen atoms in total. The predicted molar refractivity (Wildman–Crippen MR) is 89.8 cm³/mol. The number of halogens is 1. The molecule has 2 atom stereocenters. The molecule has 0 radical (unpaired) electrons. The fourth-order valence-electron chi connectivity index (χ4n) is 4.16. The largest absolute Gasteiger partial charge is 0.330 e. The van der Waals surface area contributed by atoms with E-state index in [1.807, 2.05) is 0 Å². The Bertz CT molecular complexity index is 482. The third kappa shape index (κ3) is 3.28. The van der Waals surface area contributed by atoms with Gasteiger partial charge in [-0.2, -0.15) is 0 Å². The number of nitrogens with two attached hydrogens (primary N) is 1. The summed E-state index contributed by atoms with van der Waals surface area (Å²) < 4.78 is 0. The van der Waals surface area contributed by atoms with E-state index in [1.165, 1.54) is 43.2 Å². The maximum Gasteiger partial charge on any atom is 0.0444 e. The van der Waals surface area contributed by atoms with Crippen molar-refractivity contribution in [3.8, 4) is 0 Å². The van der Waals surface area contributed by atoms with E-state index in [1.54, 1.807) is 0 Å². The SMILES string of the molecule is CN1CC(CN)CC1c1ccc(C2CCCCC2)c(Cl)c1. The molecule has 2 unspecified atom stereocenters. The lowest BCUT2D eigenvalue weighted by molar-refractivity contribution is 0.313. The molecule has 3 heteroatoms. The molecule has 1 saturated heterocycles. The highest BCUT2D eigenvalue weighted by atomic mass is 35.5. The lowest BCUT2D eigenvalue weighted by Crippen LogP contribution is -2.20. The Morgan fingerprint density at radius 2 is 2.00 bits per heavy atom. The van der Waals surface area contributed by atoms with Crippen molar-refractivity contribution in [3.05, 3.63) is 34.3 Å². The van der Waals surface area contributed by atoms with Crippen LogP contribution >= 0.6 is 11.6 Å². The van der Waals surface area contributed by atoms with Gasteiger partial charge in [0.05, 0.1) is 0 Å². The minimum Gasteiger partial charge on any atom is -0.330 e. The van der Waals surface area contributed by atoms with E-state index in [-0.39, 0.29) is 0 Å². The van der Waals surface area contributed by atoms with Gasteiger partial charge in [0.15, 0.2) is 0 Å². The van der Waals surface area contributed by atoms with Gasteiger partial charge in [-0.1, -0.05) is 43.0 Å². The smallest absolute Gasteiger partial charge is 0.0444 e. The summed E-state index contributed by atoms with van der Waals surface area (Å²) >= 11 is 6.62. The molecule has 2 N–H and O–H groups in total. The Kier molecular flexibility index (Phi) is 4.88. The summed E-state index contributed by atoms with van der Waals surface area (Å²) in [7, 11) is 2.20. The maximum absolute atomic E-state index is 6.62. The van der Waals surface area contributed by atoms with Gasteiger partial charge in [-0.05, 0) is 61.9 Å². The van der Waals surface area contributed by atoms with E-state index in [2.05, 4.69) is 30.1 Å². The lowest BCUT2D eigenvalue weighted by Gasteiger charge is -2.25. The number of likely N-dealkylation sites (tertiary alicyclic amines) is 1. The second-order valence-electron chi connectivity index (χ2n) is 6.91. The Hall–Kier alpha value is -0.570. The fourth-order valence-corrected chi connectivity index (χ4v) is 4.50. The molecular weight excluding hydrogens is 280 g/mol. The summed E-state index contributed by atoms with van der Waals surface area (Å²) in [5, 5.41) is 0.976. The van der Waals surface area contributed by atoms with Crippen LogP contribution in [-0.4, -0.2) is 25.0 Å². The second-order valence-corrected chi connectivity index (χ2v) is 7.32. The van der Waals surface area contributed by atoms with Gasteiger partial charge in [0.25, 0.3) is 0 Å². The van der Waals surface area contributed by atoms with Crippen LogP contribution in [0.4, 0.5) is 0 Å². The van der Waals surface area contributed by atoms with Crippen molar-refractivity contribution in [2.24, 2.45) is 11.7 Å². The topological polar surface area (TPSA) is 29.3 Å². The first-order valence-electron chi connectivity index (χ1n) is 8.38. The standard InChI is InChI=1S/C18H27ClN2/c1-21-12-13(11-20)9-18(21)15-7-8-16(17(19)10-15)14-5-3-2-4-6-14/h7-8,10,13-14,18H,2-6,9,11-12,20H2,1H3. The van der Waals surface area contributed by atoms with Gasteiger partial charge in [0.1, 0.15) is 0 Å². The van der Waals surface area contributed by atoms with Crippen molar-refractivity contribution in [1.82, 2.24) is 4.90 Å². The quantitative estimate of drug-likeness (QED) is 0.900. The predicted octanol–water partition coefficient (Wildman–Crippen LogP) is 4.34. The molecule has 2 aliphatic rings. The summed E-state index contributed by atoms with van der Waals surface area (Å²) in [6, 6.07) is 7.29. The third-order valence-corrected chi connectivity index (χ3v) is 5.75. The summed E-state index contributed by atoms with van der Waals surface area (Å²) in [5.41, 5.74) is 8.57. The molecule has 1 aliphatic carbocycles. The molecule has 1 heterocycles. The van der Waals surface area contributed by atoms with Gasteiger partial charge in [-0.3, -0.25) is 4.90 Å². The zero-order chi connectivity index (χ0) is 14.8. The van der Waals surface area contributed by atoms with Gasteiger partial charge in [0, 0.05) is 17.6 Å². The van der Waals surface area contributed by atoms with Gasteiger partial charge in [-0.25, -0.2) is 0 Å². The molecule has 21 heavy (non-hydrogen) atoms. The summed E-state index contributed by atoms with van der Waals surface area (Å²) in [6.45, 7) is 1.89. The third-order valence-electron chi connectivity index (χ3n) is 5.42. The van der Waals surface area contributed by atoms with Gasteiger partial charge in [0.2, 0.25) is 0 Å². The van der Waals surface area contributed by atoms with Crippen molar-refractivity contribution in [2.45, 2.75) is 50.5 Å². The number of hydrogen-bond donors (Lipinski definition) is 1. The van der Waals surface area contributed by atoms with Crippen LogP contribution in [0.25, 0.3) is 0 Å². The van der Waals surface area contributed by atoms with E-state index < -0.39 is 0 Å². The Morgan fingerprint density at radius 1 is 1.24 bits per heavy atom. The molecule has 0 bridgehead atoms. The van der Waals surface area contributed by atoms with E-state index >= 15 is 0 Å². The van der Waals surface area contributed by atoms with Crippen molar-refractivity contribution in [3.63, 3.8) is 0 Å². The maximum atomic E-state index is 6.62. The molecule has 1 aromatic carbocycles. The highest BCUT2D eigenvalue weighted by Crippen LogP contribution is 2.39. The van der Waals surface area contributed by atoms with Crippen molar-refractivity contribution in [1.29, 1.82) is 0 Å². The van der Waals surface area contributed by atoms with Crippen LogP contribution in [0.3, 0.4) is 0 Å². The molecule has 1 aromatic rings. The monoisotopic (exact) mass is 306 g/mol. The van der Waals surface area contributed by atoms with E-state index in [4.69, 9.17) is 17.3 Å².